The van der Waals surface area contributed by atoms with E-state index in [0.717, 1.165) is 43.7 Å². The van der Waals surface area contributed by atoms with Gasteiger partial charge in [0.05, 0.1) is 6.10 Å². The van der Waals surface area contributed by atoms with E-state index < -0.39 is 0 Å². The second kappa shape index (κ2) is 7.29. The Morgan fingerprint density at radius 2 is 2.15 bits per heavy atom. The quantitative estimate of drug-likeness (QED) is 0.782. The number of rotatable bonds is 6. The molecule has 1 aromatic rings. The number of anilines is 1. The third-order valence-electron chi connectivity index (χ3n) is 3.93. The molecule has 2 atom stereocenters. The van der Waals surface area contributed by atoms with Gasteiger partial charge in [-0.3, -0.25) is 4.79 Å². The summed E-state index contributed by atoms with van der Waals surface area (Å²) in [6.45, 7) is 3.69. The highest BCUT2D eigenvalue weighted by Crippen LogP contribution is 2.22. The maximum absolute atomic E-state index is 11.9. The van der Waals surface area contributed by atoms with Gasteiger partial charge in [0.25, 0.3) is 0 Å². The largest absolute Gasteiger partial charge is 0.399 e. The summed E-state index contributed by atoms with van der Waals surface area (Å²) in [5, 5.41) is 3.03. The van der Waals surface area contributed by atoms with E-state index in [-0.39, 0.29) is 5.91 Å². The summed E-state index contributed by atoms with van der Waals surface area (Å²) in [5.74, 6) is 0.587. The van der Waals surface area contributed by atoms with Crippen molar-refractivity contribution < 1.29 is 9.53 Å². The van der Waals surface area contributed by atoms with Crippen molar-refractivity contribution in [2.75, 3.05) is 18.9 Å². The number of carbonyl (C=O) groups excluding carboxylic acids is 1. The van der Waals surface area contributed by atoms with Crippen LogP contribution in [0.4, 0.5) is 5.69 Å². The fourth-order valence-corrected chi connectivity index (χ4v) is 2.65. The molecule has 20 heavy (non-hydrogen) atoms. The van der Waals surface area contributed by atoms with Crippen LogP contribution in [0.3, 0.4) is 0 Å². The van der Waals surface area contributed by atoms with Crippen LogP contribution in [0, 0.1) is 5.92 Å². The van der Waals surface area contributed by atoms with Crippen molar-refractivity contribution in [2.45, 2.75) is 38.7 Å². The first-order chi connectivity index (χ1) is 9.69. The molecule has 1 fully saturated rings. The number of ether oxygens (including phenoxy) is 1. The summed E-state index contributed by atoms with van der Waals surface area (Å²) in [4.78, 5) is 11.9. The third-order valence-corrected chi connectivity index (χ3v) is 3.93. The molecule has 1 aliphatic rings. The van der Waals surface area contributed by atoms with E-state index in [9.17, 15) is 4.79 Å². The Balaban J connectivity index is 1.69. The lowest BCUT2D eigenvalue weighted by Gasteiger charge is -2.17. The predicted molar refractivity (Wildman–Crippen MR) is 80.3 cm³/mol. The van der Waals surface area contributed by atoms with Gasteiger partial charge in [-0.1, -0.05) is 19.1 Å². The van der Waals surface area contributed by atoms with Crippen molar-refractivity contribution >= 4 is 11.6 Å². The Bertz CT molecular complexity index is 431. The highest BCUT2D eigenvalue weighted by atomic mass is 16.5. The molecule has 0 aliphatic carbocycles. The molecule has 0 bridgehead atoms. The lowest BCUT2D eigenvalue weighted by Crippen LogP contribution is -2.32. The molecule has 2 unspecified atom stereocenters. The summed E-state index contributed by atoms with van der Waals surface area (Å²) < 4.78 is 5.62. The summed E-state index contributed by atoms with van der Waals surface area (Å²) in [5.41, 5.74) is 7.53. The minimum Gasteiger partial charge on any atom is -0.399 e. The van der Waals surface area contributed by atoms with E-state index in [0.29, 0.717) is 18.4 Å². The Labute approximate surface area is 120 Å². The highest BCUT2D eigenvalue weighted by molar-refractivity contribution is 5.76. The topological polar surface area (TPSA) is 64.3 Å². The Morgan fingerprint density at radius 1 is 1.40 bits per heavy atom. The molecule has 0 aromatic heterocycles. The lowest BCUT2D eigenvalue weighted by atomic mass is 9.99. The van der Waals surface area contributed by atoms with Gasteiger partial charge in [-0.2, -0.15) is 0 Å². The lowest BCUT2D eigenvalue weighted by molar-refractivity contribution is -0.121. The number of nitrogen functional groups attached to an aromatic ring is 1. The number of carbonyl (C=O) groups is 1. The van der Waals surface area contributed by atoms with Crippen LogP contribution in [0.15, 0.2) is 24.3 Å². The van der Waals surface area contributed by atoms with E-state index >= 15 is 0 Å². The maximum atomic E-state index is 11.9. The van der Waals surface area contributed by atoms with E-state index in [1.165, 1.54) is 0 Å². The standard InChI is InChI=1S/C16H24N2O2/c1-2-15-13(9-10-20-15)11-18-16(19)8-5-12-3-6-14(17)7-4-12/h3-4,6-7,13,15H,2,5,8-11,17H2,1H3,(H,18,19). The van der Waals surface area contributed by atoms with E-state index in [2.05, 4.69) is 12.2 Å². The molecule has 1 heterocycles. The number of hydrogen-bond acceptors (Lipinski definition) is 3. The van der Waals surface area contributed by atoms with Crippen LogP contribution in [-0.2, 0) is 16.0 Å². The number of aryl methyl sites for hydroxylation is 1. The van der Waals surface area contributed by atoms with Crippen LogP contribution in [0.5, 0.6) is 0 Å². The first-order valence-corrected chi connectivity index (χ1v) is 7.41. The Hall–Kier alpha value is -1.55. The molecule has 2 rings (SSSR count). The molecule has 1 saturated heterocycles. The summed E-state index contributed by atoms with van der Waals surface area (Å²) in [7, 11) is 0. The zero-order valence-corrected chi connectivity index (χ0v) is 12.1. The fourth-order valence-electron chi connectivity index (χ4n) is 2.65. The third kappa shape index (κ3) is 4.23. The van der Waals surface area contributed by atoms with Gasteiger partial charge < -0.3 is 15.8 Å². The first-order valence-electron chi connectivity index (χ1n) is 7.41. The van der Waals surface area contributed by atoms with Crippen molar-refractivity contribution in [2.24, 2.45) is 5.92 Å². The monoisotopic (exact) mass is 276 g/mol. The van der Waals surface area contributed by atoms with Crippen molar-refractivity contribution in [3.8, 4) is 0 Å². The van der Waals surface area contributed by atoms with Crippen LogP contribution in [0.2, 0.25) is 0 Å². The van der Waals surface area contributed by atoms with Crippen LogP contribution < -0.4 is 11.1 Å². The molecule has 0 saturated carbocycles. The van der Waals surface area contributed by atoms with Crippen LogP contribution in [0.25, 0.3) is 0 Å². The number of nitrogens with one attached hydrogen (secondary N) is 1. The average molecular weight is 276 g/mol. The molecule has 1 aromatic carbocycles. The molecule has 1 amide bonds. The Kier molecular flexibility index (Phi) is 5.41. The van der Waals surface area contributed by atoms with Gasteiger partial charge in [0, 0.05) is 31.2 Å². The van der Waals surface area contributed by atoms with Gasteiger partial charge in [-0.05, 0) is 37.0 Å². The van der Waals surface area contributed by atoms with E-state index in [4.69, 9.17) is 10.5 Å². The summed E-state index contributed by atoms with van der Waals surface area (Å²) in [6, 6.07) is 7.69. The minimum atomic E-state index is 0.114. The number of hydrogen-bond donors (Lipinski definition) is 2. The minimum absolute atomic E-state index is 0.114. The number of amides is 1. The SMILES string of the molecule is CCC1OCCC1CNC(=O)CCc1ccc(N)cc1. The molecule has 110 valence electrons. The second-order valence-corrected chi connectivity index (χ2v) is 5.41. The normalized spacial score (nSPS) is 21.9. The zero-order chi connectivity index (χ0) is 14.4. The molecular weight excluding hydrogens is 252 g/mol. The summed E-state index contributed by atoms with van der Waals surface area (Å²) in [6.07, 6.45) is 3.66. The van der Waals surface area contributed by atoms with Gasteiger partial charge in [0.1, 0.15) is 0 Å². The predicted octanol–water partition coefficient (Wildman–Crippen LogP) is 2.13. The van der Waals surface area contributed by atoms with Crippen LogP contribution >= 0.6 is 0 Å². The summed E-state index contributed by atoms with van der Waals surface area (Å²) >= 11 is 0. The van der Waals surface area contributed by atoms with E-state index in [1.807, 2.05) is 24.3 Å². The van der Waals surface area contributed by atoms with Crippen molar-refractivity contribution in [3.63, 3.8) is 0 Å². The average Bonchev–Trinajstić information content (AvgIpc) is 2.92. The number of benzene rings is 1. The van der Waals surface area contributed by atoms with Crippen LogP contribution in [-0.4, -0.2) is 25.2 Å². The van der Waals surface area contributed by atoms with Gasteiger partial charge in [0.2, 0.25) is 5.91 Å². The van der Waals surface area contributed by atoms with Crippen molar-refractivity contribution in [3.05, 3.63) is 29.8 Å². The van der Waals surface area contributed by atoms with Crippen molar-refractivity contribution in [1.29, 1.82) is 0 Å². The molecule has 0 spiro atoms. The molecule has 3 N–H and O–H groups in total. The van der Waals surface area contributed by atoms with Gasteiger partial charge in [-0.15, -0.1) is 0 Å². The fraction of sp³-hybridized carbons (Fsp3) is 0.562. The highest BCUT2D eigenvalue weighted by Gasteiger charge is 2.26. The molecule has 1 aliphatic heterocycles. The Morgan fingerprint density at radius 3 is 2.85 bits per heavy atom. The number of nitrogens with two attached hydrogens (primary N) is 1. The van der Waals surface area contributed by atoms with Gasteiger partial charge in [-0.25, -0.2) is 0 Å². The van der Waals surface area contributed by atoms with Gasteiger partial charge >= 0.3 is 0 Å². The molecular formula is C16H24N2O2. The van der Waals surface area contributed by atoms with Crippen LogP contribution in [0.1, 0.15) is 31.7 Å². The first kappa shape index (κ1) is 14.9. The second-order valence-electron chi connectivity index (χ2n) is 5.41. The van der Waals surface area contributed by atoms with Gasteiger partial charge in [0.15, 0.2) is 0 Å². The van der Waals surface area contributed by atoms with Crippen molar-refractivity contribution in [1.82, 2.24) is 5.32 Å². The molecule has 4 heteroatoms. The zero-order valence-electron chi connectivity index (χ0n) is 12.1. The smallest absolute Gasteiger partial charge is 0.220 e. The maximum Gasteiger partial charge on any atom is 0.220 e. The van der Waals surface area contributed by atoms with E-state index in [1.54, 1.807) is 0 Å². The molecule has 4 nitrogen and oxygen atoms in total. The molecule has 0 radical (unpaired) electrons.